The third kappa shape index (κ3) is 4.58. The largest absolute Gasteiger partial charge is 0.454 e. The molecule has 1 fully saturated rings. The fourth-order valence-corrected chi connectivity index (χ4v) is 4.68. The number of nitrogens with one attached hydrogen (secondary N) is 1. The molecule has 1 unspecified atom stereocenters. The van der Waals surface area contributed by atoms with E-state index in [2.05, 4.69) is 51.5 Å². The Morgan fingerprint density at radius 3 is 2.65 bits per heavy atom. The zero-order valence-corrected chi connectivity index (χ0v) is 17.7. The van der Waals surface area contributed by atoms with Gasteiger partial charge in [-0.3, -0.25) is 10.00 Å². The van der Waals surface area contributed by atoms with Crippen molar-refractivity contribution in [2.45, 2.75) is 38.3 Å². The molecule has 1 atom stereocenters. The Balaban J connectivity index is 1.16. The van der Waals surface area contributed by atoms with E-state index in [1.807, 2.05) is 30.5 Å². The van der Waals surface area contributed by atoms with Gasteiger partial charge in [0.15, 0.2) is 5.76 Å². The van der Waals surface area contributed by atoms with E-state index < -0.39 is 0 Å². The minimum Gasteiger partial charge on any atom is -0.454 e. The van der Waals surface area contributed by atoms with Crippen LogP contribution in [0.3, 0.4) is 0 Å². The summed E-state index contributed by atoms with van der Waals surface area (Å²) < 4.78 is 6.03. The lowest BCUT2D eigenvalue weighted by molar-refractivity contribution is 0.0520. The van der Waals surface area contributed by atoms with Gasteiger partial charge in [-0.05, 0) is 62.4 Å². The van der Waals surface area contributed by atoms with Crippen molar-refractivity contribution < 1.29 is 9.52 Å². The first-order chi connectivity index (χ1) is 15.3. The second-order valence-electron chi connectivity index (χ2n) is 8.62. The van der Waals surface area contributed by atoms with E-state index in [1.54, 1.807) is 0 Å². The molecule has 5 rings (SSSR count). The third-order valence-electron chi connectivity index (χ3n) is 6.53. The zero-order valence-electron chi connectivity index (χ0n) is 17.7. The number of furan rings is 1. The molecular weight excluding hydrogens is 386 g/mol. The molecule has 0 saturated carbocycles. The van der Waals surface area contributed by atoms with E-state index in [1.165, 1.54) is 5.56 Å². The van der Waals surface area contributed by atoms with Gasteiger partial charge >= 0.3 is 0 Å². The van der Waals surface area contributed by atoms with Crippen LogP contribution in [-0.4, -0.2) is 39.4 Å². The first-order valence-electron chi connectivity index (χ1n) is 11.2. The van der Waals surface area contributed by atoms with Crippen LogP contribution < -0.4 is 0 Å². The average molecular weight is 416 g/mol. The number of aliphatic hydroxyl groups excluding tert-OH is 1. The molecule has 0 amide bonds. The molecule has 1 saturated heterocycles. The minimum absolute atomic E-state index is 0.220. The van der Waals surface area contributed by atoms with Gasteiger partial charge in [0.2, 0.25) is 0 Å². The molecule has 5 heteroatoms. The molecule has 5 nitrogen and oxygen atoms in total. The van der Waals surface area contributed by atoms with Crippen LogP contribution in [0, 0.1) is 5.92 Å². The predicted molar refractivity (Wildman–Crippen MR) is 123 cm³/mol. The molecule has 31 heavy (non-hydrogen) atoms. The highest BCUT2D eigenvalue weighted by molar-refractivity contribution is 5.82. The maximum absolute atomic E-state index is 10.7. The van der Waals surface area contributed by atoms with Crippen LogP contribution in [0.4, 0.5) is 0 Å². The maximum Gasteiger partial charge on any atom is 0.153 e. The van der Waals surface area contributed by atoms with Gasteiger partial charge in [-0.25, -0.2) is 0 Å². The predicted octanol–water partition coefficient (Wildman–Crippen LogP) is 5.03. The van der Waals surface area contributed by atoms with E-state index in [0.29, 0.717) is 5.92 Å². The van der Waals surface area contributed by atoms with E-state index in [0.717, 1.165) is 73.3 Å². The molecule has 2 N–H and O–H groups in total. The van der Waals surface area contributed by atoms with Crippen LogP contribution in [0.2, 0.25) is 0 Å². The van der Waals surface area contributed by atoms with Gasteiger partial charge in [0.05, 0.1) is 12.3 Å². The summed E-state index contributed by atoms with van der Waals surface area (Å²) in [4.78, 5) is 2.46. The molecule has 3 heterocycles. The van der Waals surface area contributed by atoms with Crippen LogP contribution in [0.5, 0.6) is 0 Å². The molecule has 1 aliphatic rings. The highest BCUT2D eigenvalue weighted by Gasteiger charge is 2.26. The van der Waals surface area contributed by atoms with Gasteiger partial charge in [-0.15, -0.1) is 0 Å². The monoisotopic (exact) mass is 415 g/mol. The molecule has 0 spiro atoms. The van der Waals surface area contributed by atoms with E-state index in [-0.39, 0.29) is 6.10 Å². The van der Waals surface area contributed by atoms with Gasteiger partial charge in [-0.1, -0.05) is 48.5 Å². The second-order valence-corrected chi connectivity index (χ2v) is 8.62. The number of piperidine rings is 1. The van der Waals surface area contributed by atoms with Crippen LogP contribution in [-0.2, 0) is 13.0 Å². The van der Waals surface area contributed by atoms with Gasteiger partial charge in [0.25, 0.3) is 0 Å². The van der Waals surface area contributed by atoms with Crippen LogP contribution in [0.25, 0.3) is 22.4 Å². The van der Waals surface area contributed by atoms with Crippen LogP contribution in [0.15, 0.2) is 71.3 Å². The summed E-state index contributed by atoms with van der Waals surface area (Å²) in [7, 11) is 0. The van der Waals surface area contributed by atoms with Crippen molar-refractivity contribution in [2.24, 2.45) is 5.92 Å². The third-order valence-corrected chi connectivity index (χ3v) is 6.53. The minimum atomic E-state index is -0.220. The smallest absolute Gasteiger partial charge is 0.153 e. The molecule has 4 aromatic rings. The Morgan fingerprint density at radius 1 is 1.06 bits per heavy atom. The summed E-state index contributed by atoms with van der Waals surface area (Å²) in [5.41, 5.74) is 4.31. The number of benzene rings is 2. The number of aryl methyl sites for hydroxylation is 1. The number of para-hydroxylation sites is 1. The number of fused-ring (bicyclic) bond motifs is 1. The second kappa shape index (κ2) is 9.08. The van der Waals surface area contributed by atoms with Crippen molar-refractivity contribution in [3.8, 4) is 11.5 Å². The van der Waals surface area contributed by atoms with E-state index in [9.17, 15) is 5.11 Å². The van der Waals surface area contributed by atoms with E-state index in [4.69, 9.17) is 4.42 Å². The molecule has 0 radical (unpaired) electrons. The zero-order chi connectivity index (χ0) is 21.0. The van der Waals surface area contributed by atoms with Crippen molar-refractivity contribution in [1.82, 2.24) is 15.1 Å². The summed E-state index contributed by atoms with van der Waals surface area (Å²) in [6.45, 7) is 2.84. The molecule has 0 bridgehead atoms. The normalized spacial score (nSPS) is 16.7. The van der Waals surface area contributed by atoms with Gasteiger partial charge in [0.1, 0.15) is 11.3 Å². The van der Waals surface area contributed by atoms with Crippen molar-refractivity contribution >= 4 is 11.0 Å². The topological polar surface area (TPSA) is 65.3 Å². The molecule has 160 valence electrons. The van der Waals surface area contributed by atoms with Crippen molar-refractivity contribution in [3.05, 3.63) is 78.0 Å². The van der Waals surface area contributed by atoms with Crippen molar-refractivity contribution in [2.75, 3.05) is 13.1 Å². The lowest BCUT2D eigenvalue weighted by Gasteiger charge is -2.34. The Bertz CT molecular complexity index is 1080. The number of hydrogen-bond acceptors (Lipinski definition) is 4. The van der Waals surface area contributed by atoms with Crippen LogP contribution in [0.1, 0.15) is 30.4 Å². The number of aliphatic hydroxyl groups is 1. The summed E-state index contributed by atoms with van der Waals surface area (Å²) in [5.74, 6) is 1.22. The SMILES string of the molecule is OC(CCc1ccccc1)C1CCN(Cc2cn[nH]c2-c2cc3ccccc3o2)CC1. The Kier molecular flexibility index (Phi) is 5.87. The summed E-state index contributed by atoms with van der Waals surface area (Å²) >= 11 is 0. The first-order valence-corrected chi connectivity index (χ1v) is 11.2. The van der Waals surface area contributed by atoms with Gasteiger partial charge < -0.3 is 9.52 Å². The average Bonchev–Trinajstić information content (AvgIpc) is 3.45. The number of aromatic amines is 1. The van der Waals surface area contributed by atoms with Crippen molar-refractivity contribution in [1.29, 1.82) is 0 Å². The lowest BCUT2D eigenvalue weighted by Crippen LogP contribution is -2.37. The Hall–Kier alpha value is -2.89. The lowest BCUT2D eigenvalue weighted by atomic mass is 9.88. The van der Waals surface area contributed by atoms with Gasteiger partial charge in [0, 0.05) is 17.5 Å². The summed E-state index contributed by atoms with van der Waals surface area (Å²) in [5, 5.41) is 19.2. The van der Waals surface area contributed by atoms with Crippen molar-refractivity contribution in [3.63, 3.8) is 0 Å². The highest BCUT2D eigenvalue weighted by Crippen LogP contribution is 2.30. The molecule has 1 aliphatic heterocycles. The number of aromatic nitrogens is 2. The number of rotatable bonds is 7. The molecule has 2 aromatic heterocycles. The summed E-state index contributed by atoms with van der Waals surface area (Å²) in [6.07, 6.45) is 5.54. The summed E-state index contributed by atoms with van der Waals surface area (Å²) in [6, 6.07) is 20.6. The molecule has 0 aliphatic carbocycles. The number of likely N-dealkylation sites (tertiary alicyclic amines) is 1. The quantitative estimate of drug-likeness (QED) is 0.444. The fourth-order valence-electron chi connectivity index (χ4n) is 4.68. The first kappa shape index (κ1) is 20.0. The molecular formula is C26H29N3O2. The Labute approximate surface area is 182 Å². The number of hydrogen-bond donors (Lipinski definition) is 2. The van der Waals surface area contributed by atoms with Gasteiger partial charge in [-0.2, -0.15) is 5.10 Å². The highest BCUT2D eigenvalue weighted by atomic mass is 16.3. The van der Waals surface area contributed by atoms with Crippen LogP contribution >= 0.6 is 0 Å². The number of nitrogens with zero attached hydrogens (tertiary/aromatic N) is 2. The fraction of sp³-hybridized carbons (Fsp3) is 0.346. The van der Waals surface area contributed by atoms with E-state index >= 15 is 0 Å². The maximum atomic E-state index is 10.7. The standard InChI is InChI=1S/C26H29N3O2/c30-23(11-10-19-6-2-1-3-7-19)20-12-14-29(15-13-20)18-22-17-27-28-26(22)25-16-21-8-4-5-9-24(21)31-25/h1-9,16-17,20,23,30H,10-15,18H2,(H,27,28). The number of H-pyrrole nitrogens is 1. The Morgan fingerprint density at radius 2 is 1.84 bits per heavy atom. The molecule has 2 aromatic carbocycles.